The Morgan fingerprint density at radius 1 is 1.17 bits per heavy atom. The number of oxime groups is 1. The minimum Gasteiger partial charge on any atom is -0.481 e. The molecule has 4 rings (SSSR count). The zero-order chi connectivity index (χ0) is 25.3. The van der Waals surface area contributed by atoms with E-state index in [4.69, 9.17) is 4.98 Å². The van der Waals surface area contributed by atoms with E-state index in [0.717, 1.165) is 39.4 Å². The highest BCUT2D eigenvalue weighted by molar-refractivity contribution is 7.15. The van der Waals surface area contributed by atoms with Crippen molar-refractivity contribution in [3.8, 4) is 10.6 Å². The molecule has 0 bridgehead atoms. The quantitative estimate of drug-likeness (QED) is 0.218. The lowest BCUT2D eigenvalue weighted by molar-refractivity contribution is -0.141. The van der Waals surface area contributed by atoms with Crippen LogP contribution in [0.25, 0.3) is 10.6 Å². The molecule has 1 heterocycles. The number of hydrogen-bond donors (Lipinski definition) is 2. The van der Waals surface area contributed by atoms with Crippen molar-refractivity contribution in [1.82, 2.24) is 4.98 Å². The summed E-state index contributed by atoms with van der Waals surface area (Å²) in [7, 11) is 0. The van der Waals surface area contributed by atoms with Gasteiger partial charge in [-0.25, -0.2) is 4.98 Å². The molecule has 2 N–H and O–H groups in total. The first-order valence-corrected chi connectivity index (χ1v) is 12.1. The van der Waals surface area contributed by atoms with Crippen molar-refractivity contribution in [1.29, 1.82) is 0 Å². The molecule has 2 aromatic carbocycles. The topological polar surface area (TPSA) is 82.8 Å². The van der Waals surface area contributed by atoms with Gasteiger partial charge in [-0.2, -0.15) is 13.2 Å². The van der Waals surface area contributed by atoms with E-state index in [0.29, 0.717) is 42.0 Å². The third kappa shape index (κ3) is 5.24. The van der Waals surface area contributed by atoms with Gasteiger partial charge in [-0.3, -0.25) is 4.79 Å². The first-order valence-electron chi connectivity index (χ1n) is 11.3. The second kappa shape index (κ2) is 9.81. The van der Waals surface area contributed by atoms with Crippen molar-refractivity contribution in [3.05, 3.63) is 75.3 Å². The molecule has 0 spiro atoms. The molecule has 1 aromatic heterocycles. The normalized spacial score (nSPS) is 16.1. The Morgan fingerprint density at radius 2 is 1.89 bits per heavy atom. The lowest BCUT2D eigenvalue weighted by atomic mass is 9.96. The highest BCUT2D eigenvalue weighted by atomic mass is 32.1. The molecule has 1 aliphatic rings. The van der Waals surface area contributed by atoms with Crippen LogP contribution in [-0.2, 0) is 30.2 Å². The first kappa shape index (κ1) is 24.9. The molecule has 0 aliphatic heterocycles. The molecular weight excluding hydrogens is 477 g/mol. The van der Waals surface area contributed by atoms with E-state index >= 15 is 0 Å². The van der Waals surface area contributed by atoms with E-state index in [1.54, 1.807) is 0 Å². The predicted molar refractivity (Wildman–Crippen MR) is 128 cm³/mol. The van der Waals surface area contributed by atoms with E-state index in [1.807, 2.05) is 32.0 Å². The number of nitrogens with zero attached hydrogens (tertiary/aromatic N) is 2. The number of carboxylic acids is 1. The van der Waals surface area contributed by atoms with E-state index in [2.05, 4.69) is 5.16 Å². The fourth-order valence-electron chi connectivity index (χ4n) is 4.49. The number of carboxylic acid groups (broad SMARTS) is 1. The van der Waals surface area contributed by atoms with Crippen molar-refractivity contribution in [2.45, 2.75) is 51.6 Å². The van der Waals surface area contributed by atoms with Crippen LogP contribution in [0.15, 0.2) is 47.6 Å². The van der Waals surface area contributed by atoms with E-state index in [1.165, 1.54) is 23.5 Å². The van der Waals surface area contributed by atoms with Crippen molar-refractivity contribution in [2.24, 2.45) is 11.1 Å². The Balaban J connectivity index is 1.57. The van der Waals surface area contributed by atoms with Crippen LogP contribution in [0, 0.1) is 5.92 Å². The van der Waals surface area contributed by atoms with Crippen molar-refractivity contribution in [3.63, 3.8) is 0 Å². The van der Waals surface area contributed by atoms with Crippen LogP contribution in [0.3, 0.4) is 0 Å². The van der Waals surface area contributed by atoms with Gasteiger partial charge in [0.2, 0.25) is 0 Å². The number of aromatic nitrogens is 1. The summed E-state index contributed by atoms with van der Waals surface area (Å²) in [5.41, 5.74) is 3.89. The molecule has 1 unspecified atom stereocenters. The Bertz CT molecular complexity index is 1260. The fourth-order valence-corrected chi connectivity index (χ4v) is 5.71. The van der Waals surface area contributed by atoms with Crippen LogP contribution in [0.5, 0.6) is 0 Å². The molecule has 0 fully saturated rings. The van der Waals surface area contributed by atoms with Gasteiger partial charge in [-0.15, -0.1) is 11.3 Å². The molecule has 5 nitrogen and oxygen atoms in total. The van der Waals surface area contributed by atoms with Gasteiger partial charge in [-0.1, -0.05) is 49.3 Å². The second-order valence-corrected chi connectivity index (χ2v) is 10.1. The highest BCUT2D eigenvalue weighted by Gasteiger charge is 2.31. The second-order valence-electron chi connectivity index (χ2n) is 8.99. The van der Waals surface area contributed by atoms with Crippen LogP contribution in [-0.4, -0.2) is 27.0 Å². The van der Waals surface area contributed by atoms with Crippen LogP contribution in [0.1, 0.15) is 59.0 Å². The van der Waals surface area contributed by atoms with E-state index in [9.17, 15) is 28.3 Å². The molecular formula is C26H25F3N2O3S. The van der Waals surface area contributed by atoms with E-state index in [-0.39, 0.29) is 5.92 Å². The van der Waals surface area contributed by atoms with Crippen molar-refractivity contribution < 1.29 is 28.3 Å². The molecule has 35 heavy (non-hydrogen) atoms. The maximum Gasteiger partial charge on any atom is 0.416 e. The summed E-state index contributed by atoms with van der Waals surface area (Å²) in [6.45, 7) is 4.01. The van der Waals surface area contributed by atoms with Gasteiger partial charge in [0, 0.05) is 16.0 Å². The monoisotopic (exact) mass is 502 g/mol. The maximum absolute atomic E-state index is 12.9. The Labute approximate surface area is 205 Å². The number of aliphatic carboxylic acids is 1. The summed E-state index contributed by atoms with van der Waals surface area (Å²) >= 11 is 1.42. The molecule has 1 atom stereocenters. The number of benzene rings is 2. The summed E-state index contributed by atoms with van der Waals surface area (Å²) in [5.74, 6) is -1.21. The van der Waals surface area contributed by atoms with E-state index < -0.39 is 23.6 Å². The van der Waals surface area contributed by atoms with Gasteiger partial charge >= 0.3 is 12.1 Å². The van der Waals surface area contributed by atoms with Crippen LogP contribution in [0.2, 0.25) is 0 Å². The molecule has 0 amide bonds. The molecule has 0 saturated carbocycles. The smallest absolute Gasteiger partial charge is 0.416 e. The zero-order valence-corrected chi connectivity index (χ0v) is 20.1. The van der Waals surface area contributed by atoms with Crippen LogP contribution < -0.4 is 0 Å². The zero-order valence-electron chi connectivity index (χ0n) is 19.3. The molecule has 1 aliphatic carbocycles. The number of rotatable bonds is 7. The van der Waals surface area contributed by atoms with Gasteiger partial charge < -0.3 is 10.3 Å². The summed E-state index contributed by atoms with van der Waals surface area (Å²) in [6.07, 6.45) is -2.58. The Kier molecular flexibility index (Phi) is 6.98. The Morgan fingerprint density at radius 3 is 2.49 bits per heavy atom. The van der Waals surface area contributed by atoms with Gasteiger partial charge in [-0.05, 0) is 54.9 Å². The SMILES string of the molecule is CC(C)c1nc(-c2ccc(C(F)(F)F)cc2)sc1CC/C(=N/O)c1cccc2c1CC(C(=O)O)C2. The fraction of sp³-hybridized carbons (Fsp3) is 0.346. The average molecular weight is 503 g/mol. The summed E-state index contributed by atoms with van der Waals surface area (Å²) in [6, 6.07) is 10.6. The first-order chi connectivity index (χ1) is 16.6. The standard InChI is InChI=1S/C26H25F3N2O3S/c1-14(2)23-22(35-24(30-23)15-6-8-18(9-7-15)26(27,28)29)11-10-21(31-34)19-5-3-4-16-12-17(25(32)33)13-20(16)19/h3-9,14,17,34H,10-13H2,1-2H3,(H,32,33)/b31-21-. The lowest BCUT2D eigenvalue weighted by Gasteiger charge is -2.11. The Hall–Kier alpha value is -3.20. The highest BCUT2D eigenvalue weighted by Crippen LogP contribution is 2.36. The van der Waals surface area contributed by atoms with Crippen molar-refractivity contribution in [2.75, 3.05) is 0 Å². The van der Waals surface area contributed by atoms with Crippen molar-refractivity contribution >= 4 is 23.0 Å². The summed E-state index contributed by atoms with van der Waals surface area (Å²) in [5, 5.41) is 23.4. The van der Waals surface area contributed by atoms with Crippen LogP contribution >= 0.6 is 11.3 Å². The molecule has 184 valence electrons. The molecule has 0 radical (unpaired) electrons. The average Bonchev–Trinajstić information content (AvgIpc) is 3.44. The number of fused-ring (bicyclic) bond motifs is 1. The van der Waals surface area contributed by atoms with Gasteiger partial charge in [0.25, 0.3) is 0 Å². The molecule has 3 aromatic rings. The lowest BCUT2D eigenvalue weighted by Crippen LogP contribution is -2.13. The van der Waals surface area contributed by atoms with Gasteiger partial charge in [0.1, 0.15) is 5.01 Å². The van der Waals surface area contributed by atoms with Gasteiger partial charge in [0.15, 0.2) is 0 Å². The number of aryl methyl sites for hydroxylation is 1. The minimum absolute atomic E-state index is 0.108. The number of hydrogen-bond acceptors (Lipinski definition) is 5. The van der Waals surface area contributed by atoms with Crippen LogP contribution in [0.4, 0.5) is 13.2 Å². The summed E-state index contributed by atoms with van der Waals surface area (Å²) in [4.78, 5) is 17.2. The third-order valence-electron chi connectivity index (χ3n) is 6.29. The van der Waals surface area contributed by atoms with Gasteiger partial charge in [0.05, 0.1) is 22.9 Å². The summed E-state index contributed by atoms with van der Waals surface area (Å²) < 4.78 is 38.7. The maximum atomic E-state index is 12.9. The number of carbonyl (C=O) groups is 1. The number of thiazole rings is 1. The predicted octanol–water partition coefficient (Wildman–Crippen LogP) is 6.56. The third-order valence-corrected chi connectivity index (χ3v) is 7.47. The number of alkyl halides is 3. The largest absolute Gasteiger partial charge is 0.481 e. The molecule has 9 heteroatoms. The molecule has 0 saturated heterocycles. The number of halogens is 3. The minimum atomic E-state index is -4.39.